The van der Waals surface area contributed by atoms with Crippen molar-refractivity contribution in [3.05, 3.63) is 59.4 Å². The molecule has 1 N–H and O–H groups in total. The van der Waals surface area contributed by atoms with Crippen molar-refractivity contribution < 1.29 is 27.5 Å². The molecule has 0 saturated carbocycles. The number of carbonyl (C=O) groups excluding carboxylic acids is 2. The van der Waals surface area contributed by atoms with Gasteiger partial charge in [0.1, 0.15) is 22.7 Å². The van der Waals surface area contributed by atoms with Crippen LogP contribution < -0.4 is 5.32 Å². The summed E-state index contributed by atoms with van der Waals surface area (Å²) in [5, 5.41) is 1.64. The largest absolute Gasteiger partial charge is 0.462 e. The third-order valence-corrected chi connectivity index (χ3v) is 5.07. The molecule has 0 aromatic heterocycles. The summed E-state index contributed by atoms with van der Waals surface area (Å²) in [4.78, 5) is 24.5. The Balaban J connectivity index is 2.25. The number of ether oxygens (including phenoxy) is 1. The van der Waals surface area contributed by atoms with Crippen molar-refractivity contribution in [2.75, 3.05) is 5.32 Å². The number of benzene rings is 2. The van der Waals surface area contributed by atoms with Gasteiger partial charge in [0, 0.05) is 16.5 Å². The van der Waals surface area contributed by atoms with Crippen LogP contribution in [0.25, 0.3) is 0 Å². The number of hydrogen-bond acceptors (Lipinski definition) is 4. The number of nitrogens with one attached hydrogen (secondary N) is 1. The van der Waals surface area contributed by atoms with Gasteiger partial charge in [0.25, 0.3) is 5.91 Å². The Bertz CT molecular complexity index is 889. The van der Waals surface area contributed by atoms with E-state index < -0.39 is 34.6 Å². The number of thioether (sulfide) groups is 1. The number of esters is 1. The highest BCUT2D eigenvalue weighted by Crippen LogP contribution is 2.33. The van der Waals surface area contributed by atoms with Crippen molar-refractivity contribution in [3.8, 4) is 0 Å². The maximum Gasteiger partial charge on any atom is 0.319 e. The van der Waals surface area contributed by atoms with Crippen molar-refractivity contribution >= 4 is 29.3 Å². The molecule has 8 heteroatoms. The molecule has 1 amide bonds. The van der Waals surface area contributed by atoms with E-state index in [1.165, 1.54) is 18.2 Å². The summed E-state index contributed by atoms with van der Waals surface area (Å²) < 4.78 is 47.0. The Labute approximate surface area is 171 Å². The van der Waals surface area contributed by atoms with Gasteiger partial charge < -0.3 is 10.1 Å². The highest BCUT2D eigenvalue weighted by Gasteiger charge is 2.24. The van der Waals surface area contributed by atoms with Crippen LogP contribution in [0.4, 0.5) is 18.9 Å². The maximum atomic E-state index is 14.3. The molecule has 0 saturated heterocycles. The van der Waals surface area contributed by atoms with Crippen molar-refractivity contribution in [1.82, 2.24) is 0 Å². The predicted molar refractivity (Wildman–Crippen MR) is 106 cm³/mol. The lowest BCUT2D eigenvalue weighted by Crippen LogP contribution is -2.23. The third kappa shape index (κ3) is 6.52. The van der Waals surface area contributed by atoms with E-state index in [1.54, 1.807) is 13.8 Å². The SMILES string of the molecule is CCCC(Sc1cc(NC(=O)c2cccc(F)c2)c(F)cc1F)C(=O)OC(C)C. The van der Waals surface area contributed by atoms with E-state index in [0.29, 0.717) is 18.9 Å². The molecule has 0 aliphatic rings. The highest BCUT2D eigenvalue weighted by molar-refractivity contribution is 8.00. The van der Waals surface area contributed by atoms with Gasteiger partial charge in [0.15, 0.2) is 0 Å². The van der Waals surface area contributed by atoms with Gasteiger partial charge in [0.05, 0.1) is 11.8 Å². The van der Waals surface area contributed by atoms with Crippen LogP contribution in [-0.2, 0) is 9.53 Å². The lowest BCUT2D eigenvalue weighted by Gasteiger charge is -2.18. The van der Waals surface area contributed by atoms with Gasteiger partial charge in [0.2, 0.25) is 0 Å². The molecule has 156 valence electrons. The zero-order chi connectivity index (χ0) is 21.6. The Morgan fingerprint density at radius 2 is 1.83 bits per heavy atom. The summed E-state index contributed by atoms with van der Waals surface area (Å²) in [5.41, 5.74) is -0.275. The van der Waals surface area contributed by atoms with Crippen LogP contribution in [0.5, 0.6) is 0 Å². The molecule has 0 fully saturated rings. The molecule has 0 aliphatic heterocycles. The number of carbonyl (C=O) groups is 2. The first-order chi connectivity index (χ1) is 13.7. The van der Waals surface area contributed by atoms with E-state index >= 15 is 0 Å². The fourth-order valence-corrected chi connectivity index (χ4v) is 3.66. The Hall–Kier alpha value is -2.48. The lowest BCUT2D eigenvalue weighted by molar-refractivity contribution is -0.146. The summed E-state index contributed by atoms with van der Waals surface area (Å²) in [7, 11) is 0. The molecule has 0 spiro atoms. The van der Waals surface area contributed by atoms with Gasteiger partial charge in [-0.05, 0) is 44.5 Å². The number of halogens is 3. The minimum Gasteiger partial charge on any atom is -0.462 e. The van der Waals surface area contributed by atoms with Gasteiger partial charge in [-0.2, -0.15) is 0 Å². The summed E-state index contributed by atoms with van der Waals surface area (Å²) in [6, 6.07) is 6.66. The van der Waals surface area contributed by atoms with E-state index in [-0.39, 0.29) is 22.3 Å². The van der Waals surface area contributed by atoms with Crippen molar-refractivity contribution in [2.45, 2.75) is 49.9 Å². The van der Waals surface area contributed by atoms with Crippen molar-refractivity contribution in [3.63, 3.8) is 0 Å². The maximum absolute atomic E-state index is 14.3. The monoisotopic (exact) mass is 425 g/mol. The second-order valence-electron chi connectivity index (χ2n) is 6.61. The zero-order valence-electron chi connectivity index (χ0n) is 16.3. The quantitative estimate of drug-likeness (QED) is 0.444. The molecule has 0 bridgehead atoms. The van der Waals surface area contributed by atoms with Crippen LogP contribution in [0, 0.1) is 17.5 Å². The molecule has 4 nitrogen and oxygen atoms in total. The standard InChI is InChI=1S/C21H22F3NO3S/c1-4-6-18(21(27)28-12(2)3)29-19-11-17(15(23)10-16(19)24)25-20(26)13-7-5-8-14(22)9-13/h5,7-12,18H,4,6H2,1-3H3,(H,25,26). The number of rotatable bonds is 8. The van der Waals surface area contributed by atoms with Crippen LogP contribution in [0.15, 0.2) is 41.3 Å². The molecule has 2 rings (SSSR count). The summed E-state index contributed by atoms with van der Waals surface area (Å²) in [6.45, 7) is 5.30. The third-order valence-electron chi connectivity index (χ3n) is 3.79. The minimum atomic E-state index is -0.978. The van der Waals surface area contributed by atoms with Crippen LogP contribution in [0.1, 0.15) is 44.0 Å². The van der Waals surface area contributed by atoms with Crippen molar-refractivity contribution in [1.29, 1.82) is 0 Å². The van der Waals surface area contributed by atoms with E-state index in [0.717, 1.165) is 23.9 Å². The Morgan fingerprint density at radius 3 is 2.45 bits per heavy atom. The second-order valence-corrected chi connectivity index (χ2v) is 7.85. The van der Waals surface area contributed by atoms with Crippen LogP contribution in [0.2, 0.25) is 0 Å². The van der Waals surface area contributed by atoms with Crippen molar-refractivity contribution in [2.24, 2.45) is 0 Å². The summed E-state index contributed by atoms with van der Waals surface area (Å²) in [6.07, 6.45) is 0.788. The van der Waals surface area contributed by atoms with Gasteiger partial charge in [-0.1, -0.05) is 19.4 Å². The number of hydrogen-bond donors (Lipinski definition) is 1. The van der Waals surface area contributed by atoms with E-state index in [1.807, 2.05) is 6.92 Å². The molecule has 0 aliphatic carbocycles. The van der Waals surface area contributed by atoms with Gasteiger partial charge >= 0.3 is 5.97 Å². The minimum absolute atomic E-state index is 0.0000911. The number of anilines is 1. The zero-order valence-corrected chi connectivity index (χ0v) is 17.1. The average Bonchev–Trinajstić information content (AvgIpc) is 2.64. The van der Waals surface area contributed by atoms with Crippen LogP contribution in [0.3, 0.4) is 0 Å². The molecular weight excluding hydrogens is 403 g/mol. The molecule has 0 radical (unpaired) electrons. The summed E-state index contributed by atoms with van der Waals surface area (Å²) in [5.74, 6) is -3.67. The van der Waals surface area contributed by atoms with Crippen LogP contribution >= 0.6 is 11.8 Å². The fourth-order valence-electron chi connectivity index (χ4n) is 2.49. The molecule has 2 aromatic carbocycles. The molecule has 2 aromatic rings. The lowest BCUT2D eigenvalue weighted by atomic mass is 10.2. The van der Waals surface area contributed by atoms with Crippen LogP contribution in [-0.4, -0.2) is 23.2 Å². The first kappa shape index (κ1) is 22.8. The first-order valence-corrected chi connectivity index (χ1v) is 10.0. The van der Waals surface area contributed by atoms with E-state index in [4.69, 9.17) is 4.74 Å². The average molecular weight is 425 g/mol. The number of amides is 1. The molecular formula is C21H22F3NO3S. The van der Waals surface area contributed by atoms with E-state index in [2.05, 4.69) is 5.32 Å². The van der Waals surface area contributed by atoms with Gasteiger partial charge in [-0.15, -0.1) is 11.8 Å². The topological polar surface area (TPSA) is 55.4 Å². The highest BCUT2D eigenvalue weighted by atomic mass is 32.2. The van der Waals surface area contributed by atoms with E-state index in [9.17, 15) is 22.8 Å². The molecule has 0 heterocycles. The molecule has 29 heavy (non-hydrogen) atoms. The Kier molecular flexibility index (Phi) is 8.13. The first-order valence-electron chi connectivity index (χ1n) is 9.14. The second kappa shape index (κ2) is 10.3. The van der Waals surface area contributed by atoms with Gasteiger partial charge in [-0.25, -0.2) is 13.2 Å². The predicted octanol–water partition coefficient (Wildman–Crippen LogP) is 5.57. The Morgan fingerprint density at radius 1 is 1.10 bits per heavy atom. The smallest absolute Gasteiger partial charge is 0.319 e. The molecule has 1 unspecified atom stereocenters. The molecule has 1 atom stereocenters. The summed E-state index contributed by atoms with van der Waals surface area (Å²) >= 11 is 0.911. The van der Waals surface area contributed by atoms with Gasteiger partial charge in [-0.3, -0.25) is 9.59 Å². The fraction of sp³-hybridized carbons (Fsp3) is 0.333. The normalized spacial score (nSPS) is 12.0.